The van der Waals surface area contributed by atoms with Crippen LogP contribution in [-0.4, -0.2) is 101 Å². The van der Waals surface area contributed by atoms with Crippen LogP contribution in [0.3, 0.4) is 0 Å². The molecule has 29 heavy (non-hydrogen) atoms. The van der Waals surface area contributed by atoms with Crippen molar-refractivity contribution in [3.8, 4) is 0 Å². The van der Waals surface area contributed by atoms with Crippen LogP contribution in [0.1, 0.15) is 0 Å². The van der Waals surface area contributed by atoms with Gasteiger partial charge in [0, 0.05) is 42.7 Å². The average Bonchev–Trinajstić information content (AvgIpc) is 2.74. The number of hydrogen-bond donors (Lipinski definition) is 0. The van der Waals surface area contributed by atoms with Crippen LogP contribution in [0, 0.1) is 0 Å². The third-order valence-electron chi connectivity index (χ3n) is 1.49. The van der Waals surface area contributed by atoms with Crippen molar-refractivity contribution in [2.45, 2.75) is 0 Å². The van der Waals surface area contributed by atoms with Gasteiger partial charge in [-0.2, -0.15) is 0 Å². The third kappa shape index (κ3) is 58.4. The Balaban J connectivity index is -0.0000000836. The summed E-state index contributed by atoms with van der Waals surface area (Å²) >= 11 is 0. The normalized spacial score (nSPS) is 6.41. The van der Waals surface area contributed by atoms with Gasteiger partial charge in [-0.25, -0.2) is 0 Å². The zero-order valence-corrected chi connectivity index (χ0v) is 16.7. The van der Waals surface area contributed by atoms with Crippen LogP contribution in [0.25, 0.3) is 0 Å². The van der Waals surface area contributed by atoms with Crippen LogP contribution < -0.4 is 0 Å². The van der Waals surface area contributed by atoms with Gasteiger partial charge in [0.15, 0.2) is 0 Å². The van der Waals surface area contributed by atoms with E-state index in [2.05, 4.69) is 41.6 Å². The first-order valence-corrected chi connectivity index (χ1v) is 6.69. The van der Waals surface area contributed by atoms with Crippen molar-refractivity contribution in [2.24, 2.45) is 0 Å². The molecule has 0 aliphatic heterocycles. The summed E-state index contributed by atoms with van der Waals surface area (Å²) in [6.45, 7) is 0. The van der Waals surface area contributed by atoms with Gasteiger partial charge in [-0.1, -0.05) is 0 Å². The van der Waals surface area contributed by atoms with Crippen LogP contribution in [0.15, 0.2) is 0 Å². The molecule has 0 amide bonds. The Morgan fingerprint density at radius 3 is 0.517 bits per heavy atom. The van der Waals surface area contributed by atoms with E-state index in [4.69, 9.17) is 28.2 Å². The van der Waals surface area contributed by atoms with E-state index in [9.17, 15) is 0 Å². The van der Waals surface area contributed by atoms with E-state index >= 15 is 0 Å². The second-order valence-corrected chi connectivity index (χ2v) is 2.98. The monoisotopic (exact) mass is 418 g/mol. The van der Waals surface area contributed by atoms with Crippen molar-refractivity contribution in [3.05, 3.63) is 0 Å². The molecule has 0 aromatic carbocycles. The zero-order chi connectivity index (χ0) is 23.8. The zero-order valence-electron chi connectivity index (χ0n) is 16.7. The second kappa shape index (κ2) is 45.3. The first-order chi connectivity index (χ1) is 13.9. The quantitative estimate of drug-likeness (QED) is 0.286. The standard InChI is InChI=1S/2C3H9BO3.3B2O3/c2*1-5-4(6-2)7-3;3*3-1-5-2-4/h2*1-3H3;;;. The minimum absolute atomic E-state index is 0.0625. The summed E-state index contributed by atoms with van der Waals surface area (Å²) in [5.41, 5.74) is 0. The molecule has 0 bridgehead atoms. The molecule has 0 spiro atoms. The Bertz CT molecular complexity index is 281. The molecule has 0 fully saturated rings. The number of hydrogen-bond acceptors (Lipinski definition) is 15. The third-order valence-corrected chi connectivity index (χ3v) is 1.49. The van der Waals surface area contributed by atoms with Gasteiger partial charge in [0.25, 0.3) is 0 Å². The van der Waals surface area contributed by atoms with Gasteiger partial charge < -0.3 is 27.9 Å². The summed E-state index contributed by atoms with van der Waals surface area (Å²) in [4.78, 5) is 0. The Morgan fingerprint density at radius 1 is 0.379 bits per heavy atom. The van der Waals surface area contributed by atoms with Crippen LogP contribution in [0.4, 0.5) is 0 Å². The Labute approximate surface area is 172 Å². The first kappa shape index (κ1) is 38.1. The topological polar surface area (TPSA) is 185 Å². The van der Waals surface area contributed by atoms with Gasteiger partial charge >= 0.3 is 101 Å². The summed E-state index contributed by atoms with van der Waals surface area (Å²) in [7, 11) is 8.42. The van der Waals surface area contributed by atoms with E-state index in [1.165, 1.54) is 42.7 Å². The Hall–Kier alpha value is -1.52. The molecular weight excluding hydrogens is 399 g/mol. The Kier molecular flexibility index (Phi) is 59.6. The Morgan fingerprint density at radius 2 is 0.517 bits per heavy atom. The minimum atomic E-state index is -0.514. The molecule has 0 aromatic heterocycles. The molecule has 0 saturated heterocycles. The van der Waals surface area contributed by atoms with Crippen LogP contribution in [0.2, 0.25) is 0 Å². The van der Waals surface area contributed by atoms with Crippen LogP contribution in [-0.2, 0) is 69.9 Å². The van der Waals surface area contributed by atoms with E-state index < -0.39 is 14.6 Å². The number of rotatable bonds is 12. The van der Waals surface area contributed by atoms with Gasteiger partial charge in [-0.15, -0.1) is 0 Å². The van der Waals surface area contributed by atoms with Gasteiger partial charge in [-0.3, -0.25) is 0 Å². The van der Waals surface area contributed by atoms with E-state index in [0.717, 1.165) is 0 Å². The molecule has 0 saturated carbocycles. The van der Waals surface area contributed by atoms with Crippen molar-refractivity contribution in [1.29, 1.82) is 0 Å². The molecule has 0 atom stereocenters. The molecule has 0 rings (SSSR count). The first-order valence-electron chi connectivity index (χ1n) is 6.69. The van der Waals surface area contributed by atoms with Crippen LogP contribution in [0.5, 0.6) is 0 Å². The van der Waals surface area contributed by atoms with E-state index in [0.29, 0.717) is 0 Å². The molecule has 0 heterocycles. The SMILES string of the molecule is COB(OC)OC.COB(OC)OC.O=BOB=O.O=BOB=O.O=BOB=O. The van der Waals surface area contributed by atoms with Crippen molar-refractivity contribution >= 4 is 58.8 Å². The molecule has 0 aliphatic rings. The summed E-state index contributed by atoms with van der Waals surface area (Å²) in [6.07, 6.45) is 0. The van der Waals surface area contributed by atoms with Crippen molar-refractivity contribution in [3.63, 3.8) is 0 Å². The summed E-state index contributed by atoms with van der Waals surface area (Å²) in [6, 6.07) is 0. The van der Waals surface area contributed by atoms with Gasteiger partial charge in [0.1, 0.15) is 0 Å². The van der Waals surface area contributed by atoms with Crippen LogP contribution >= 0.6 is 0 Å². The molecule has 0 aromatic rings. The molecular formula is C6H18B8O15. The fraction of sp³-hybridized carbons (Fsp3) is 1.00. The second-order valence-electron chi connectivity index (χ2n) is 2.98. The molecule has 156 valence electrons. The maximum absolute atomic E-state index is 8.95. The molecule has 0 radical (unpaired) electrons. The predicted octanol–water partition coefficient (Wildman–Crippen LogP) is -3.38. The summed E-state index contributed by atoms with van der Waals surface area (Å²) in [5.74, 6) is 0. The van der Waals surface area contributed by atoms with E-state index in [1.54, 1.807) is 0 Å². The van der Waals surface area contributed by atoms with Crippen molar-refractivity contribution < 1.29 is 69.9 Å². The van der Waals surface area contributed by atoms with Gasteiger partial charge in [-0.05, 0) is 0 Å². The maximum atomic E-state index is 8.95. The van der Waals surface area contributed by atoms with Gasteiger partial charge in [0.2, 0.25) is 0 Å². The van der Waals surface area contributed by atoms with E-state index in [-0.39, 0.29) is 44.1 Å². The molecule has 0 aliphatic carbocycles. The molecule has 0 N–H and O–H groups in total. The average molecular weight is 417 g/mol. The summed E-state index contributed by atoms with van der Waals surface area (Å²) in [5, 5.41) is 0. The van der Waals surface area contributed by atoms with Crippen molar-refractivity contribution in [2.75, 3.05) is 42.7 Å². The van der Waals surface area contributed by atoms with Crippen molar-refractivity contribution in [1.82, 2.24) is 0 Å². The fourth-order valence-electron chi connectivity index (χ4n) is 0.645. The van der Waals surface area contributed by atoms with E-state index in [1.807, 2.05) is 0 Å². The summed E-state index contributed by atoms with van der Waals surface area (Å²) < 4.78 is 91.8. The molecule has 23 heteroatoms. The molecule has 15 nitrogen and oxygen atoms in total. The predicted molar refractivity (Wildman–Crippen MR) is 95.5 cm³/mol. The van der Waals surface area contributed by atoms with Gasteiger partial charge in [0.05, 0.1) is 0 Å². The fourth-order valence-corrected chi connectivity index (χ4v) is 0.645. The molecule has 0 unspecified atom stereocenters.